The first kappa shape index (κ1) is 18.2. The molecule has 0 bridgehead atoms. The molecule has 1 aromatic rings. The van der Waals surface area contributed by atoms with Crippen molar-refractivity contribution < 1.29 is 14.4 Å². The zero-order valence-corrected chi connectivity index (χ0v) is 15.3. The zero-order chi connectivity index (χ0) is 18.7. The average molecular weight is 359 g/mol. The number of anilines is 1. The number of piperazine rings is 2. The second-order valence-electron chi connectivity index (χ2n) is 6.69. The Hall–Kier alpha value is -2.64. The molecule has 26 heavy (non-hydrogen) atoms. The number of amides is 3. The van der Waals surface area contributed by atoms with Crippen LogP contribution in [0, 0.1) is 0 Å². The van der Waals surface area contributed by atoms with Gasteiger partial charge in [-0.25, -0.2) is 4.98 Å². The molecular formula is C18H25N5O3. The minimum absolute atomic E-state index is 0.0285. The van der Waals surface area contributed by atoms with Crippen molar-refractivity contribution in [3.05, 3.63) is 23.9 Å². The van der Waals surface area contributed by atoms with Crippen LogP contribution in [-0.2, 0) is 9.59 Å². The van der Waals surface area contributed by atoms with Gasteiger partial charge in [0.05, 0.1) is 0 Å². The third-order valence-corrected chi connectivity index (χ3v) is 5.05. The van der Waals surface area contributed by atoms with Crippen LogP contribution in [0.1, 0.15) is 24.2 Å². The molecule has 2 fully saturated rings. The Kier molecular flexibility index (Phi) is 5.39. The third-order valence-electron chi connectivity index (χ3n) is 5.05. The molecule has 0 aliphatic carbocycles. The van der Waals surface area contributed by atoms with Gasteiger partial charge < -0.3 is 19.6 Å². The third kappa shape index (κ3) is 3.95. The van der Waals surface area contributed by atoms with Gasteiger partial charge in [-0.05, 0) is 12.1 Å². The molecular weight excluding hydrogens is 334 g/mol. The number of nitrogens with zero attached hydrogens (tertiary/aromatic N) is 5. The minimum atomic E-state index is -0.0285. The SMILES string of the molecule is CC(=O)N1CCN(C(=O)c2ccnc(N3CCN(C(C)=O)CC3)c2)CC1. The molecule has 3 rings (SSSR count). The molecule has 2 aliphatic rings. The largest absolute Gasteiger partial charge is 0.353 e. The van der Waals surface area contributed by atoms with E-state index in [4.69, 9.17) is 0 Å². The maximum absolute atomic E-state index is 12.8. The van der Waals surface area contributed by atoms with Crippen molar-refractivity contribution in [2.45, 2.75) is 13.8 Å². The summed E-state index contributed by atoms with van der Waals surface area (Å²) >= 11 is 0. The lowest BCUT2D eigenvalue weighted by atomic mass is 10.2. The Morgan fingerprint density at radius 2 is 1.31 bits per heavy atom. The highest BCUT2D eigenvalue weighted by molar-refractivity contribution is 5.95. The van der Waals surface area contributed by atoms with Crippen molar-refractivity contribution in [3.63, 3.8) is 0 Å². The van der Waals surface area contributed by atoms with E-state index in [0.29, 0.717) is 57.9 Å². The summed E-state index contributed by atoms with van der Waals surface area (Å²) in [6, 6.07) is 3.55. The highest BCUT2D eigenvalue weighted by Crippen LogP contribution is 2.17. The smallest absolute Gasteiger partial charge is 0.254 e. The Balaban J connectivity index is 1.63. The summed E-state index contributed by atoms with van der Waals surface area (Å²) in [6.45, 7) is 8.14. The number of aromatic nitrogens is 1. The van der Waals surface area contributed by atoms with Crippen molar-refractivity contribution >= 4 is 23.5 Å². The second-order valence-corrected chi connectivity index (χ2v) is 6.69. The van der Waals surface area contributed by atoms with Crippen LogP contribution >= 0.6 is 0 Å². The Morgan fingerprint density at radius 3 is 1.85 bits per heavy atom. The summed E-state index contributed by atoms with van der Waals surface area (Å²) < 4.78 is 0. The summed E-state index contributed by atoms with van der Waals surface area (Å²) in [5.74, 6) is 0.875. The van der Waals surface area contributed by atoms with Gasteiger partial charge in [-0.15, -0.1) is 0 Å². The Bertz CT molecular complexity index is 692. The van der Waals surface area contributed by atoms with Crippen molar-refractivity contribution in [2.24, 2.45) is 0 Å². The molecule has 0 unspecified atom stereocenters. The fourth-order valence-electron chi connectivity index (χ4n) is 3.38. The van der Waals surface area contributed by atoms with Crippen molar-refractivity contribution in [1.29, 1.82) is 0 Å². The van der Waals surface area contributed by atoms with Crippen LogP contribution in [0.25, 0.3) is 0 Å². The summed E-state index contributed by atoms with van der Waals surface area (Å²) in [4.78, 5) is 47.5. The molecule has 3 amide bonds. The van der Waals surface area contributed by atoms with Crippen LogP contribution < -0.4 is 4.90 Å². The molecule has 0 saturated carbocycles. The van der Waals surface area contributed by atoms with Gasteiger partial charge >= 0.3 is 0 Å². The van der Waals surface area contributed by atoms with Gasteiger partial charge in [0.15, 0.2) is 0 Å². The summed E-state index contributed by atoms with van der Waals surface area (Å²) in [6.07, 6.45) is 1.66. The number of hydrogen-bond acceptors (Lipinski definition) is 5. The zero-order valence-electron chi connectivity index (χ0n) is 15.3. The highest BCUT2D eigenvalue weighted by Gasteiger charge is 2.25. The molecule has 0 N–H and O–H groups in total. The molecule has 1 aromatic heterocycles. The van der Waals surface area contributed by atoms with Gasteiger partial charge in [0, 0.05) is 78.0 Å². The maximum atomic E-state index is 12.8. The molecule has 140 valence electrons. The molecule has 8 nitrogen and oxygen atoms in total. The van der Waals surface area contributed by atoms with Crippen LogP contribution in [0.5, 0.6) is 0 Å². The number of hydrogen-bond donors (Lipinski definition) is 0. The molecule has 2 aliphatic heterocycles. The Morgan fingerprint density at radius 1 is 0.808 bits per heavy atom. The van der Waals surface area contributed by atoms with E-state index in [1.54, 1.807) is 35.9 Å². The molecule has 0 radical (unpaired) electrons. The molecule has 2 saturated heterocycles. The minimum Gasteiger partial charge on any atom is -0.353 e. The van der Waals surface area contributed by atoms with Gasteiger partial charge in [0.2, 0.25) is 11.8 Å². The number of pyridine rings is 1. The van der Waals surface area contributed by atoms with Crippen LogP contribution in [0.4, 0.5) is 5.82 Å². The molecule has 8 heteroatoms. The highest BCUT2D eigenvalue weighted by atomic mass is 16.2. The predicted octanol–water partition coefficient (Wildman–Crippen LogP) is 0.0544. The Labute approximate surface area is 153 Å². The quantitative estimate of drug-likeness (QED) is 0.746. The van der Waals surface area contributed by atoms with E-state index in [9.17, 15) is 14.4 Å². The van der Waals surface area contributed by atoms with E-state index >= 15 is 0 Å². The summed E-state index contributed by atoms with van der Waals surface area (Å²) in [7, 11) is 0. The lowest BCUT2D eigenvalue weighted by molar-refractivity contribution is -0.130. The summed E-state index contributed by atoms with van der Waals surface area (Å²) in [5, 5.41) is 0. The fraction of sp³-hybridized carbons (Fsp3) is 0.556. The number of carbonyl (C=O) groups is 3. The summed E-state index contributed by atoms with van der Waals surface area (Å²) in [5.41, 5.74) is 0.611. The van der Waals surface area contributed by atoms with E-state index in [-0.39, 0.29) is 17.7 Å². The van der Waals surface area contributed by atoms with Gasteiger partial charge in [-0.1, -0.05) is 0 Å². The van der Waals surface area contributed by atoms with Gasteiger partial charge in [0.25, 0.3) is 5.91 Å². The second kappa shape index (κ2) is 7.72. The first-order chi connectivity index (χ1) is 12.5. The molecule has 0 aromatic carbocycles. The van der Waals surface area contributed by atoms with Crippen molar-refractivity contribution in [1.82, 2.24) is 19.7 Å². The van der Waals surface area contributed by atoms with E-state index < -0.39 is 0 Å². The van der Waals surface area contributed by atoms with Crippen LogP contribution in [0.3, 0.4) is 0 Å². The normalized spacial score (nSPS) is 18.1. The van der Waals surface area contributed by atoms with Gasteiger partial charge in [0.1, 0.15) is 5.82 Å². The monoisotopic (exact) mass is 359 g/mol. The van der Waals surface area contributed by atoms with Crippen LogP contribution in [0.2, 0.25) is 0 Å². The lowest BCUT2D eigenvalue weighted by Crippen LogP contribution is -2.50. The van der Waals surface area contributed by atoms with E-state index in [1.165, 1.54) is 0 Å². The standard InChI is InChI=1S/C18H25N5O3/c1-14(24)20-5-9-22(10-6-20)17-13-16(3-4-19-17)18(26)23-11-7-21(8-12-23)15(2)25/h3-4,13H,5-12H2,1-2H3. The topological polar surface area (TPSA) is 77.1 Å². The van der Waals surface area contributed by atoms with Crippen molar-refractivity contribution in [3.8, 4) is 0 Å². The van der Waals surface area contributed by atoms with Gasteiger partial charge in [-0.3, -0.25) is 14.4 Å². The molecule has 0 atom stereocenters. The van der Waals surface area contributed by atoms with Crippen molar-refractivity contribution in [2.75, 3.05) is 57.3 Å². The molecule has 3 heterocycles. The van der Waals surface area contributed by atoms with Crippen LogP contribution in [0.15, 0.2) is 18.3 Å². The van der Waals surface area contributed by atoms with E-state index in [1.807, 2.05) is 11.0 Å². The lowest BCUT2D eigenvalue weighted by Gasteiger charge is -2.35. The number of carbonyl (C=O) groups excluding carboxylic acids is 3. The first-order valence-electron chi connectivity index (χ1n) is 8.97. The van der Waals surface area contributed by atoms with Crippen LogP contribution in [-0.4, -0.2) is 89.8 Å². The van der Waals surface area contributed by atoms with Gasteiger partial charge in [-0.2, -0.15) is 0 Å². The maximum Gasteiger partial charge on any atom is 0.254 e. The van der Waals surface area contributed by atoms with E-state index in [0.717, 1.165) is 5.82 Å². The first-order valence-corrected chi connectivity index (χ1v) is 8.97. The number of rotatable bonds is 2. The molecule has 0 spiro atoms. The predicted molar refractivity (Wildman–Crippen MR) is 96.9 cm³/mol. The average Bonchev–Trinajstić information content (AvgIpc) is 2.67. The van der Waals surface area contributed by atoms with E-state index in [2.05, 4.69) is 9.88 Å². The fourth-order valence-corrected chi connectivity index (χ4v) is 3.38.